The SMILES string of the molecule is CC(C)CCN(Cc1cc(F)ccc1C(=O)O)C1CC1. The predicted octanol–water partition coefficient (Wildman–Crippen LogP) is 3.53. The molecule has 0 bridgehead atoms. The van der Waals surface area contributed by atoms with Gasteiger partial charge in [-0.15, -0.1) is 0 Å². The van der Waals surface area contributed by atoms with Crippen LogP contribution in [0.25, 0.3) is 0 Å². The molecule has 0 aliphatic heterocycles. The molecule has 0 atom stereocenters. The zero-order valence-electron chi connectivity index (χ0n) is 12.1. The van der Waals surface area contributed by atoms with Crippen LogP contribution >= 0.6 is 0 Å². The van der Waals surface area contributed by atoms with Gasteiger partial charge in [0.15, 0.2) is 0 Å². The van der Waals surface area contributed by atoms with Crippen LogP contribution in [0.5, 0.6) is 0 Å². The molecule has 0 heterocycles. The van der Waals surface area contributed by atoms with E-state index in [4.69, 9.17) is 0 Å². The molecule has 0 spiro atoms. The minimum Gasteiger partial charge on any atom is -0.478 e. The van der Waals surface area contributed by atoms with Crippen LogP contribution in [0.15, 0.2) is 18.2 Å². The number of halogens is 1. The lowest BCUT2D eigenvalue weighted by Gasteiger charge is -2.23. The third kappa shape index (κ3) is 4.04. The van der Waals surface area contributed by atoms with Crippen molar-refractivity contribution in [3.05, 3.63) is 35.1 Å². The van der Waals surface area contributed by atoms with Gasteiger partial charge in [0.05, 0.1) is 5.56 Å². The molecule has 110 valence electrons. The van der Waals surface area contributed by atoms with Gasteiger partial charge in [-0.05, 0) is 55.5 Å². The fourth-order valence-electron chi connectivity index (χ4n) is 2.37. The monoisotopic (exact) mass is 279 g/mol. The molecule has 1 fully saturated rings. The Morgan fingerprint density at radius 2 is 2.15 bits per heavy atom. The lowest BCUT2D eigenvalue weighted by atomic mass is 10.1. The molecule has 4 heteroatoms. The van der Waals surface area contributed by atoms with Gasteiger partial charge in [0.25, 0.3) is 0 Å². The number of rotatable bonds is 7. The third-order valence-corrected chi connectivity index (χ3v) is 3.73. The van der Waals surface area contributed by atoms with E-state index in [0.717, 1.165) is 25.8 Å². The second kappa shape index (κ2) is 6.35. The number of hydrogen-bond donors (Lipinski definition) is 1. The molecule has 1 saturated carbocycles. The molecular weight excluding hydrogens is 257 g/mol. The van der Waals surface area contributed by atoms with Gasteiger partial charge in [0.1, 0.15) is 5.82 Å². The number of carboxylic acid groups (broad SMARTS) is 1. The fraction of sp³-hybridized carbons (Fsp3) is 0.562. The number of carbonyl (C=O) groups is 1. The Balaban J connectivity index is 2.13. The molecule has 1 aliphatic rings. The van der Waals surface area contributed by atoms with E-state index in [1.165, 1.54) is 18.2 Å². The highest BCUT2D eigenvalue weighted by Gasteiger charge is 2.29. The fourth-order valence-corrected chi connectivity index (χ4v) is 2.37. The van der Waals surface area contributed by atoms with E-state index in [-0.39, 0.29) is 11.4 Å². The van der Waals surface area contributed by atoms with Gasteiger partial charge >= 0.3 is 5.97 Å². The van der Waals surface area contributed by atoms with Gasteiger partial charge in [-0.3, -0.25) is 4.90 Å². The smallest absolute Gasteiger partial charge is 0.336 e. The topological polar surface area (TPSA) is 40.5 Å². The number of benzene rings is 1. The quantitative estimate of drug-likeness (QED) is 0.830. The molecule has 20 heavy (non-hydrogen) atoms. The maximum absolute atomic E-state index is 13.4. The van der Waals surface area contributed by atoms with Crippen LogP contribution in [0.1, 0.15) is 49.0 Å². The maximum atomic E-state index is 13.4. The minimum atomic E-state index is -0.986. The normalized spacial score (nSPS) is 15.1. The minimum absolute atomic E-state index is 0.210. The van der Waals surface area contributed by atoms with Gasteiger partial charge in [0.2, 0.25) is 0 Å². The summed E-state index contributed by atoms with van der Waals surface area (Å²) in [7, 11) is 0. The number of nitrogens with zero attached hydrogens (tertiary/aromatic N) is 1. The largest absolute Gasteiger partial charge is 0.478 e. The van der Waals surface area contributed by atoms with Crippen LogP contribution in [-0.4, -0.2) is 28.6 Å². The highest BCUT2D eigenvalue weighted by molar-refractivity contribution is 5.89. The first kappa shape index (κ1) is 15.0. The zero-order chi connectivity index (χ0) is 14.7. The van der Waals surface area contributed by atoms with E-state index in [2.05, 4.69) is 18.7 Å². The summed E-state index contributed by atoms with van der Waals surface area (Å²) in [6.07, 6.45) is 3.40. The van der Waals surface area contributed by atoms with Crippen molar-refractivity contribution in [2.45, 2.75) is 45.7 Å². The molecular formula is C16H22FNO2. The molecule has 0 unspecified atom stereocenters. The van der Waals surface area contributed by atoms with Crippen molar-refractivity contribution < 1.29 is 14.3 Å². The molecule has 3 nitrogen and oxygen atoms in total. The first-order valence-electron chi connectivity index (χ1n) is 7.23. The summed E-state index contributed by atoms with van der Waals surface area (Å²) in [5, 5.41) is 9.20. The molecule has 1 N–H and O–H groups in total. The Kier molecular flexibility index (Phi) is 4.76. The predicted molar refractivity (Wildman–Crippen MR) is 76.2 cm³/mol. The molecule has 1 aromatic carbocycles. The van der Waals surface area contributed by atoms with Gasteiger partial charge in [-0.25, -0.2) is 9.18 Å². The van der Waals surface area contributed by atoms with E-state index in [1.807, 2.05) is 0 Å². The zero-order valence-corrected chi connectivity index (χ0v) is 12.1. The summed E-state index contributed by atoms with van der Waals surface area (Å²) in [4.78, 5) is 13.5. The average molecular weight is 279 g/mol. The van der Waals surface area contributed by atoms with E-state index in [9.17, 15) is 14.3 Å². The van der Waals surface area contributed by atoms with Gasteiger partial charge in [-0.2, -0.15) is 0 Å². The van der Waals surface area contributed by atoms with Crippen LogP contribution < -0.4 is 0 Å². The van der Waals surface area contributed by atoms with Crippen molar-refractivity contribution in [2.75, 3.05) is 6.54 Å². The molecule has 0 radical (unpaired) electrons. The Hall–Kier alpha value is -1.42. The second-order valence-corrected chi connectivity index (χ2v) is 5.99. The molecule has 1 aromatic rings. The summed E-state index contributed by atoms with van der Waals surface area (Å²) in [6.45, 7) is 5.82. The maximum Gasteiger partial charge on any atom is 0.336 e. The van der Waals surface area contributed by atoms with Crippen LogP contribution in [0, 0.1) is 11.7 Å². The summed E-state index contributed by atoms with van der Waals surface area (Å²) in [5.41, 5.74) is 0.787. The van der Waals surface area contributed by atoms with Crippen LogP contribution in [0.3, 0.4) is 0 Å². The summed E-state index contributed by atoms with van der Waals surface area (Å²) in [5.74, 6) is -0.744. The molecule has 0 saturated heterocycles. The van der Waals surface area contributed by atoms with Crippen LogP contribution in [-0.2, 0) is 6.54 Å². The Labute approximate surface area is 119 Å². The van der Waals surface area contributed by atoms with E-state index >= 15 is 0 Å². The second-order valence-electron chi connectivity index (χ2n) is 5.99. The average Bonchev–Trinajstić information content (AvgIpc) is 3.18. The first-order chi connectivity index (χ1) is 9.47. The van der Waals surface area contributed by atoms with Crippen molar-refractivity contribution in [1.29, 1.82) is 0 Å². The van der Waals surface area contributed by atoms with Gasteiger partial charge in [-0.1, -0.05) is 13.8 Å². The van der Waals surface area contributed by atoms with E-state index in [1.54, 1.807) is 0 Å². The van der Waals surface area contributed by atoms with Crippen LogP contribution in [0.2, 0.25) is 0 Å². The lowest BCUT2D eigenvalue weighted by Crippen LogP contribution is -2.28. The molecule has 0 aromatic heterocycles. The highest BCUT2D eigenvalue weighted by atomic mass is 19.1. The standard InChI is InChI=1S/C16H22FNO2/c1-11(2)7-8-18(14-4-5-14)10-12-9-13(17)3-6-15(12)16(19)20/h3,6,9,11,14H,4-5,7-8,10H2,1-2H3,(H,19,20). The molecule has 0 amide bonds. The Bertz CT molecular complexity index is 483. The van der Waals surface area contributed by atoms with Crippen molar-refractivity contribution in [3.8, 4) is 0 Å². The number of aromatic carboxylic acids is 1. The summed E-state index contributed by atoms with van der Waals surface area (Å²) in [6, 6.07) is 4.47. The van der Waals surface area contributed by atoms with Crippen molar-refractivity contribution in [2.24, 2.45) is 5.92 Å². The van der Waals surface area contributed by atoms with Crippen molar-refractivity contribution in [3.63, 3.8) is 0 Å². The summed E-state index contributed by atoms with van der Waals surface area (Å²) >= 11 is 0. The van der Waals surface area contributed by atoms with E-state index in [0.29, 0.717) is 24.1 Å². The third-order valence-electron chi connectivity index (χ3n) is 3.73. The number of hydrogen-bond acceptors (Lipinski definition) is 2. The lowest BCUT2D eigenvalue weighted by molar-refractivity contribution is 0.0694. The van der Waals surface area contributed by atoms with Crippen LogP contribution in [0.4, 0.5) is 4.39 Å². The van der Waals surface area contributed by atoms with E-state index < -0.39 is 5.97 Å². The Morgan fingerprint density at radius 1 is 1.45 bits per heavy atom. The highest BCUT2D eigenvalue weighted by Crippen LogP contribution is 2.29. The van der Waals surface area contributed by atoms with Gasteiger partial charge in [0, 0.05) is 12.6 Å². The first-order valence-corrected chi connectivity index (χ1v) is 7.23. The van der Waals surface area contributed by atoms with Crippen molar-refractivity contribution >= 4 is 5.97 Å². The van der Waals surface area contributed by atoms with Gasteiger partial charge < -0.3 is 5.11 Å². The molecule has 1 aliphatic carbocycles. The Morgan fingerprint density at radius 3 is 2.70 bits per heavy atom. The van der Waals surface area contributed by atoms with Crippen molar-refractivity contribution in [1.82, 2.24) is 4.90 Å². The summed E-state index contributed by atoms with van der Waals surface area (Å²) < 4.78 is 13.4. The molecule has 2 rings (SSSR count). The number of carboxylic acids is 1.